The number of nitrogens with one attached hydrogen (secondary N) is 1. The number of rotatable bonds is 8. The van der Waals surface area contributed by atoms with Gasteiger partial charge in [-0.2, -0.15) is 0 Å². The van der Waals surface area contributed by atoms with Crippen LogP contribution in [-0.4, -0.2) is 54.1 Å². The Morgan fingerprint density at radius 1 is 1.06 bits per heavy atom. The number of ether oxygens (including phenoxy) is 2. The number of benzene rings is 3. The van der Waals surface area contributed by atoms with Gasteiger partial charge >= 0.3 is 6.09 Å². The summed E-state index contributed by atoms with van der Waals surface area (Å²) in [7, 11) is 1.33. The van der Waals surface area contributed by atoms with Crippen LogP contribution in [0.2, 0.25) is 0 Å². The molecule has 2 unspecified atom stereocenters. The van der Waals surface area contributed by atoms with Crippen LogP contribution in [0.1, 0.15) is 39.1 Å². The molecule has 0 saturated heterocycles. The highest BCUT2D eigenvalue weighted by molar-refractivity contribution is 5.80. The molecule has 34 heavy (non-hydrogen) atoms. The van der Waals surface area contributed by atoms with Gasteiger partial charge in [-0.15, -0.1) is 0 Å². The Morgan fingerprint density at radius 2 is 1.68 bits per heavy atom. The smallest absolute Gasteiger partial charge is 0.407 e. The van der Waals surface area contributed by atoms with Crippen molar-refractivity contribution in [2.24, 2.45) is 0 Å². The van der Waals surface area contributed by atoms with Gasteiger partial charge in [0.15, 0.2) is 17.8 Å². The van der Waals surface area contributed by atoms with Crippen molar-refractivity contribution in [3.8, 4) is 22.6 Å². The van der Waals surface area contributed by atoms with Gasteiger partial charge in [-0.3, -0.25) is 4.79 Å². The molecule has 0 aliphatic heterocycles. The van der Waals surface area contributed by atoms with E-state index in [1.807, 2.05) is 48.5 Å². The number of hydrogen-bond donors (Lipinski definition) is 4. The molecule has 4 rings (SSSR count). The largest absolute Gasteiger partial charge is 0.504 e. The summed E-state index contributed by atoms with van der Waals surface area (Å²) in [5.74, 6) is -0.339. The molecule has 0 fully saturated rings. The summed E-state index contributed by atoms with van der Waals surface area (Å²) >= 11 is 0. The molecule has 0 heterocycles. The number of aliphatic hydroxyl groups is 2. The lowest BCUT2D eigenvalue weighted by Crippen LogP contribution is -2.36. The summed E-state index contributed by atoms with van der Waals surface area (Å²) in [6.45, 7) is -0.219. The number of alkyl carbamates (subject to hydrolysis) is 1. The summed E-state index contributed by atoms with van der Waals surface area (Å²) in [5.41, 5.74) is 4.43. The maximum Gasteiger partial charge on any atom is 0.407 e. The quantitative estimate of drug-likeness (QED) is 0.378. The number of methoxy groups -OCH3 is 1. The lowest BCUT2D eigenvalue weighted by atomic mass is 9.98. The molecule has 176 valence electrons. The molecule has 0 saturated carbocycles. The van der Waals surface area contributed by atoms with Crippen molar-refractivity contribution in [1.29, 1.82) is 0 Å². The van der Waals surface area contributed by atoms with Crippen LogP contribution in [0.25, 0.3) is 11.1 Å². The SMILES string of the molecule is COc1cc(C=O)c(C(O)C(O)CNC(=O)OCC2c3ccccc3-c3ccccc32)cc1O. The molecule has 4 N–H and O–H groups in total. The number of fused-ring (bicyclic) bond motifs is 3. The van der Waals surface area contributed by atoms with E-state index >= 15 is 0 Å². The summed E-state index contributed by atoms with van der Waals surface area (Å²) in [4.78, 5) is 23.7. The second-order valence-corrected chi connectivity index (χ2v) is 7.99. The van der Waals surface area contributed by atoms with Crippen LogP contribution in [0.5, 0.6) is 11.5 Å². The second-order valence-electron chi connectivity index (χ2n) is 7.99. The Bertz CT molecular complexity index is 1160. The van der Waals surface area contributed by atoms with Crippen LogP contribution in [0.15, 0.2) is 60.7 Å². The van der Waals surface area contributed by atoms with Gasteiger partial charge in [-0.25, -0.2) is 4.79 Å². The fourth-order valence-corrected chi connectivity index (χ4v) is 4.28. The zero-order valence-corrected chi connectivity index (χ0v) is 18.5. The molecular weight excluding hydrogens is 438 g/mol. The molecule has 0 spiro atoms. The summed E-state index contributed by atoms with van der Waals surface area (Å²) in [6.07, 6.45) is -3.26. The van der Waals surface area contributed by atoms with Gasteiger partial charge in [0.25, 0.3) is 0 Å². The van der Waals surface area contributed by atoms with Crippen molar-refractivity contribution < 1.29 is 34.4 Å². The van der Waals surface area contributed by atoms with Crippen molar-refractivity contribution in [3.05, 3.63) is 82.9 Å². The normalized spacial score (nSPS) is 14.0. The summed E-state index contributed by atoms with van der Waals surface area (Å²) in [5, 5.41) is 33.2. The second kappa shape index (κ2) is 9.94. The Labute approximate surface area is 196 Å². The number of aldehydes is 1. The van der Waals surface area contributed by atoms with Crippen LogP contribution in [0.4, 0.5) is 4.79 Å². The third-order valence-electron chi connectivity index (χ3n) is 5.99. The number of carbonyl (C=O) groups excluding carboxylic acids is 2. The average Bonchev–Trinajstić information content (AvgIpc) is 3.19. The molecule has 3 aromatic carbocycles. The Balaban J connectivity index is 1.37. The number of hydrogen-bond acceptors (Lipinski definition) is 7. The topological polar surface area (TPSA) is 125 Å². The van der Waals surface area contributed by atoms with Crippen molar-refractivity contribution in [2.75, 3.05) is 20.3 Å². The van der Waals surface area contributed by atoms with E-state index in [9.17, 15) is 24.9 Å². The van der Waals surface area contributed by atoms with E-state index in [0.29, 0.717) is 6.29 Å². The van der Waals surface area contributed by atoms with Crippen LogP contribution in [0.3, 0.4) is 0 Å². The highest BCUT2D eigenvalue weighted by Gasteiger charge is 2.29. The Morgan fingerprint density at radius 3 is 2.26 bits per heavy atom. The summed E-state index contributed by atoms with van der Waals surface area (Å²) < 4.78 is 10.4. The minimum absolute atomic E-state index is 0.00939. The number of aromatic hydroxyl groups is 1. The van der Waals surface area contributed by atoms with Crippen molar-refractivity contribution in [1.82, 2.24) is 5.32 Å². The molecule has 0 aromatic heterocycles. The molecule has 0 radical (unpaired) electrons. The van der Waals surface area contributed by atoms with Gasteiger partial charge < -0.3 is 30.1 Å². The first-order valence-corrected chi connectivity index (χ1v) is 10.8. The molecular formula is C26H25NO7. The van der Waals surface area contributed by atoms with E-state index in [0.717, 1.165) is 28.3 Å². The Hall–Kier alpha value is -3.88. The molecule has 8 heteroatoms. The monoisotopic (exact) mass is 463 g/mol. The first kappa shape index (κ1) is 23.3. The molecule has 3 aromatic rings. The lowest BCUT2D eigenvalue weighted by Gasteiger charge is -2.21. The summed E-state index contributed by atoms with van der Waals surface area (Å²) in [6, 6.07) is 18.3. The van der Waals surface area contributed by atoms with E-state index in [1.54, 1.807) is 0 Å². The maximum absolute atomic E-state index is 12.3. The van der Waals surface area contributed by atoms with Gasteiger partial charge in [0.2, 0.25) is 0 Å². The Kier molecular flexibility index (Phi) is 6.81. The zero-order valence-electron chi connectivity index (χ0n) is 18.5. The molecule has 1 amide bonds. The van der Waals surface area contributed by atoms with E-state index in [4.69, 9.17) is 9.47 Å². The standard InChI is InChI=1S/C26H25NO7/c1-33-24-10-15(13-28)20(11-22(24)29)25(31)23(30)12-27-26(32)34-14-21-18-8-4-2-6-16(18)17-7-3-5-9-19(17)21/h2-11,13,21,23,25,29-31H,12,14H2,1H3,(H,27,32). The van der Waals surface area contributed by atoms with Gasteiger partial charge in [0, 0.05) is 18.0 Å². The molecule has 1 aliphatic carbocycles. The number of phenolic OH excluding ortho intramolecular Hbond substituents is 1. The molecule has 1 aliphatic rings. The maximum atomic E-state index is 12.3. The van der Waals surface area contributed by atoms with Crippen molar-refractivity contribution in [2.45, 2.75) is 18.1 Å². The van der Waals surface area contributed by atoms with Crippen LogP contribution < -0.4 is 10.1 Å². The lowest BCUT2D eigenvalue weighted by molar-refractivity contribution is 0.0180. The van der Waals surface area contributed by atoms with Gasteiger partial charge in [-0.1, -0.05) is 48.5 Å². The van der Waals surface area contributed by atoms with Gasteiger partial charge in [-0.05, 0) is 39.9 Å². The molecule has 2 atom stereocenters. The fourth-order valence-electron chi connectivity index (χ4n) is 4.28. The highest BCUT2D eigenvalue weighted by Crippen LogP contribution is 2.44. The minimum atomic E-state index is -1.54. The predicted octanol–water partition coefficient (Wildman–Crippen LogP) is 3.15. The van der Waals surface area contributed by atoms with Crippen molar-refractivity contribution >= 4 is 12.4 Å². The number of carbonyl (C=O) groups is 2. The number of phenols is 1. The van der Waals surface area contributed by atoms with Crippen molar-refractivity contribution in [3.63, 3.8) is 0 Å². The van der Waals surface area contributed by atoms with E-state index in [-0.39, 0.29) is 41.7 Å². The molecule has 8 nitrogen and oxygen atoms in total. The van der Waals surface area contributed by atoms with Gasteiger partial charge in [0.1, 0.15) is 18.8 Å². The third kappa shape index (κ3) is 4.46. The third-order valence-corrected chi connectivity index (χ3v) is 5.99. The first-order chi connectivity index (χ1) is 16.4. The van der Waals surface area contributed by atoms with Crippen LogP contribution in [-0.2, 0) is 4.74 Å². The van der Waals surface area contributed by atoms with Gasteiger partial charge in [0.05, 0.1) is 7.11 Å². The molecule has 0 bridgehead atoms. The zero-order chi connectivity index (χ0) is 24.2. The van der Waals surface area contributed by atoms with E-state index in [1.165, 1.54) is 13.2 Å². The van der Waals surface area contributed by atoms with E-state index < -0.39 is 18.3 Å². The number of aliphatic hydroxyl groups excluding tert-OH is 2. The minimum Gasteiger partial charge on any atom is -0.504 e. The van der Waals surface area contributed by atoms with E-state index in [2.05, 4.69) is 5.32 Å². The first-order valence-electron chi connectivity index (χ1n) is 10.8. The highest BCUT2D eigenvalue weighted by atomic mass is 16.5. The average molecular weight is 463 g/mol. The number of amides is 1. The fraction of sp³-hybridized carbons (Fsp3) is 0.231. The van der Waals surface area contributed by atoms with Crippen LogP contribution >= 0.6 is 0 Å². The predicted molar refractivity (Wildman–Crippen MR) is 124 cm³/mol. The van der Waals surface area contributed by atoms with Crippen LogP contribution in [0, 0.1) is 0 Å².